The first-order valence-electron chi connectivity index (χ1n) is 7.82. The van der Waals surface area contributed by atoms with Crippen molar-refractivity contribution in [2.24, 2.45) is 0 Å². The Morgan fingerprint density at radius 2 is 1.92 bits per heavy atom. The average molecular weight is 357 g/mol. The SMILES string of the molecule is COc1ccc(OCC(=O)N(Cc2ccsc2)Cc2ccco2)cc1. The van der Waals surface area contributed by atoms with Gasteiger partial charge in [0.15, 0.2) is 6.61 Å². The number of methoxy groups -OCH3 is 1. The zero-order chi connectivity index (χ0) is 17.5. The normalized spacial score (nSPS) is 10.4. The second-order valence-electron chi connectivity index (χ2n) is 5.42. The number of furan rings is 1. The first-order chi connectivity index (χ1) is 12.2. The number of nitrogens with zero attached hydrogens (tertiary/aromatic N) is 1. The Hall–Kier alpha value is -2.73. The second-order valence-corrected chi connectivity index (χ2v) is 6.20. The van der Waals surface area contributed by atoms with Crippen molar-refractivity contribution in [1.82, 2.24) is 4.90 Å². The summed E-state index contributed by atoms with van der Waals surface area (Å²) in [5.41, 5.74) is 1.09. The van der Waals surface area contributed by atoms with Gasteiger partial charge in [0.05, 0.1) is 19.9 Å². The van der Waals surface area contributed by atoms with Gasteiger partial charge in [-0.25, -0.2) is 0 Å². The van der Waals surface area contributed by atoms with Crippen LogP contribution in [0.25, 0.3) is 0 Å². The molecule has 0 saturated heterocycles. The first kappa shape index (κ1) is 17.1. The minimum Gasteiger partial charge on any atom is -0.497 e. The molecule has 6 heteroatoms. The monoisotopic (exact) mass is 357 g/mol. The lowest BCUT2D eigenvalue weighted by Gasteiger charge is -2.21. The summed E-state index contributed by atoms with van der Waals surface area (Å²) in [5, 5.41) is 4.03. The van der Waals surface area contributed by atoms with E-state index in [1.54, 1.807) is 53.9 Å². The summed E-state index contributed by atoms with van der Waals surface area (Å²) in [6, 6.07) is 12.8. The summed E-state index contributed by atoms with van der Waals surface area (Å²) in [5.74, 6) is 2.02. The molecule has 1 amide bonds. The highest BCUT2D eigenvalue weighted by Gasteiger charge is 2.17. The molecule has 130 valence electrons. The molecule has 0 aliphatic rings. The third kappa shape index (κ3) is 4.87. The molecular formula is C19H19NO4S. The molecule has 0 aliphatic heterocycles. The number of thiophene rings is 1. The number of hydrogen-bond donors (Lipinski definition) is 0. The van der Waals surface area contributed by atoms with Crippen LogP contribution < -0.4 is 9.47 Å². The van der Waals surface area contributed by atoms with Gasteiger partial charge in [-0.3, -0.25) is 4.79 Å². The fourth-order valence-electron chi connectivity index (χ4n) is 2.33. The molecule has 0 bridgehead atoms. The lowest BCUT2D eigenvalue weighted by atomic mass is 10.3. The summed E-state index contributed by atoms with van der Waals surface area (Å²) in [6.45, 7) is 0.903. The van der Waals surface area contributed by atoms with Crippen molar-refractivity contribution in [3.8, 4) is 11.5 Å². The summed E-state index contributed by atoms with van der Waals surface area (Å²) in [7, 11) is 1.61. The van der Waals surface area contributed by atoms with E-state index in [0.29, 0.717) is 18.8 Å². The lowest BCUT2D eigenvalue weighted by molar-refractivity contribution is -0.134. The molecule has 0 fully saturated rings. The van der Waals surface area contributed by atoms with Crippen LogP contribution in [0.15, 0.2) is 63.9 Å². The average Bonchev–Trinajstić information content (AvgIpc) is 3.33. The molecule has 0 radical (unpaired) electrons. The molecule has 0 spiro atoms. The maximum Gasteiger partial charge on any atom is 0.261 e. The maximum absolute atomic E-state index is 12.6. The molecule has 0 N–H and O–H groups in total. The third-order valence-electron chi connectivity index (χ3n) is 3.65. The van der Waals surface area contributed by atoms with Crippen LogP contribution in [0.2, 0.25) is 0 Å². The van der Waals surface area contributed by atoms with E-state index in [1.807, 2.05) is 29.0 Å². The van der Waals surface area contributed by atoms with Gasteiger partial charge in [-0.1, -0.05) is 0 Å². The van der Waals surface area contributed by atoms with Gasteiger partial charge in [0.25, 0.3) is 5.91 Å². The Balaban J connectivity index is 1.62. The topological polar surface area (TPSA) is 51.9 Å². The Morgan fingerprint density at radius 3 is 2.56 bits per heavy atom. The molecule has 0 aliphatic carbocycles. The van der Waals surface area contributed by atoms with E-state index in [-0.39, 0.29) is 12.5 Å². The van der Waals surface area contributed by atoms with Crippen LogP contribution >= 0.6 is 11.3 Å². The van der Waals surface area contributed by atoms with Gasteiger partial charge < -0.3 is 18.8 Å². The van der Waals surface area contributed by atoms with E-state index in [2.05, 4.69) is 0 Å². The number of benzene rings is 1. The minimum absolute atomic E-state index is 0.0306. The van der Waals surface area contributed by atoms with E-state index in [4.69, 9.17) is 13.9 Å². The standard InChI is InChI=1S/C19H19NO4S/c1-22-16-4-6-17(7-5-16)24-13-19(21)20(11-15-8-10-25-14-15)12-18-3-2-9-23-18/h2-10,14H,11-13H2,1H3. The second kappa shape index (κ2) is 8.39. The molecule has 2 aromatic heterocycles. The van der Waals surface area contributed by atoms with Gasteiger partial charge in [0.2, 0.25) is 0 Å². The Kier molecular flexibility index (Phi) is 5.74. The van der Waals surface area contributed by atoms with Crippen LogP contribution in [0.1, 0.15) is 11.3 Å². The highest BCUT2D eigenvalue weighted by molar-refractivity contribution is 7.07. The van der Waals surface area contributed by atoms with Gasteiger partial charge in [0, 0.05) is 6.54 Å². The van der Waals surface area contributed by atoms with Gasteiger partial charge in [-0.2, -0.15) is 11.3 Å². The Labute approximate surface area is 150 Å². The van der Waals surface area contributed by atoms with Gasteiger partial charge in [-0.05, 0) is 58.8 Å². The lowest BCUT2D eigenvalue weighted by Crippen LogP contribution is -2.33. The third-order valence-corrected chi connectivity index (χ3v) is 4.39. The van der Waals surface area contributed by atoms with Crippen molar-refractivity contribution in [3.63, 3.8) is 0 Å². The molecular weight excluding hydrogens is 338 g/mol. The van der Waals surface area contributed by atoms with E-state index in [0.717, 1.165) is 17.1 Å². The van der Waals surface area contributed by atoms with Crippen LogP contribution in [0.3, 0.4) is 0 Å². The highest BCUT2D eigenvalue weighted by atomic mass is 32.1. The van der Waals surface area contributed by atoms with E-state index >= 15 is 0 Å². The van der Waals surface area contributed by atoms with Crippen molar-refractivity contribution in [3.05, 3.63) is 70.8 Å². The molecule has 2 heterocycles. The zero-order valence-electron chi connectivity index (χ0n) is 13.9. The van der Waals surface area contributed by atoms with E-state index in [9.17, 15) is 4.79 Å². The summed E-state index contributed by atoms with van der Waals surface area (Å²) >= 11 is 1.61. The summed E-state index contributed by atoms with van der Waals surface area (Å²) in [6.07, 6.45) is 1.61. The first-order valence-corrected chi connectivity index (χ1v) is 8.77. The molecule has 1 aromatic carbocycles. The summed E-state index contributed by atoms with van der Waals surface area (Å²) in [4.78, 5) is 14.4. The molecule has 3 rings (SSSR count). The minimum atomic E-state index is -0.0987. The fraction of sp³-hybridized carbons (Fsp3) is 0.211. The van der Waals surface area contributed by atoms with Crippen molar-refractivity contribution in [2.75, 3.05) is 13.7 Å². The Bertz CT molecular complexity index is 730. The highest BCUT2D eigenvalue weighted by Crippen LogP contribution is 2.18. The molecule has 25 heavy (non-hydrogen) atoms. The molecule has 0 saturated carbocycles. The van der Waals surface area contributed by atoms with Crippen molar-refractivity contribution >= 4 is 17.2 Å². The van der Waals surface area contributed by atoms with E-state index in [1.165, 1.54) is 0 Å². The van der Waals surface area contributed by atoms with Crippen molar-refractivity contribution in [1.29, 1.82) is 0 Å². The predicted octanol–water partition coefficient (Wildman–Crippen LogP) is 3.96. The van der Waals surface area contributed by atoms with Crippen LogP contribution in [-0.2, 0) is 17.9 Å². The van der Waals surface area contributed by atoms with Crippen LogP contribution in [0, 0.1) is 0 Å². The number of carbonyl (C=O) groups is 1. The number of carbonyl (C=O) groups excluding carboxylic acids is 1. The fourth-order valence-corrected chi connectivity index (χ4v) is 2.99. The molecule has 0 atom stereocenters. The smallest absolute Gasteiger partial charge is 0.261 e. The van der Waals surface area contributed by atoms with Crippen molar-refractivity contribution in [2.45, 2.75) is 13.1 Å². The number of amides is 1. The largest absolute Gasteiger partial charge is 0.497 e. The number of rotatable bonds is 8. The number of ether oxygens (including phenoxy) is 2. The van der Waals surface area contributed by atoms with Crippen LogP contribution in [0.5, 0.6) is 11.5 Å². The van der Waals surface area contributed by atoms with Gasteiger partial charge in [0.1, 0.15) is 17.3 Å². The molecule has 5 nitrogen and oxygen atoms in total. The van der Waals surface area contributed by atoms with Crippen molar-refractivity contribution < 1.29 is 18.7 Å². The zero-order valence-corrected chi connectivity index (χ0v) is 14.7. The number of hydrogen-bond acceptors (Lipinski definition) is 5. The Morgan fingerprint density at radius 1 is 1.12 bits per heavy atom. The maximum atomic E-state index is 12.6. The predicted molar refractivity (Wildman–Crippen MR) is 95.8 cm³/mol. The van der Waals surface area contributed by atoms with E-state index < -0.39 is 0 Å². The molecule has 0 unspecified atom stereocenters. The van der Waals surface area contributed by atoms with Crippen LogP contribution in [-0.4, -0.2) is 24.5 Å². The van der Waals surface area contributed by atoms with Gasteiger partial charge >= 0.3 is 0 Å². The van der Waals surface area contributed by atoms with Crippen LogP contribution in [0.4, 0.5) is 0 Å². The summed E-state index contributed by atoms with van der Waals surface area (Å²) < 4.78 is 16.1. The molecule has 3 aromatic rings. The van der Waals surface area contributed by atoms with Gasteiger partial charge in [-0.15, -0.1) is 0 Å². The quantitative estimate of drug-likeness (QED) is 0.612.